The van der Waals surface area contributed by atoms with Gasteiger partial charge in [0.25, 0.3) is 0 Å². The molecule has 0 radical (unpaired) electrons. The van der Waals surface area contributed by atoms with Crippen molar-refractivity contribution in [3.8, 4) is 5.75 Å². The maximum Gasteiger partial charge on any atom is 0.127 e. The molecular weight excluding hydrogens is 248 g/mol. The Bertz CT molecular complexity index is 382. The number of piperazine rings is 1. The first-order chi connectivity index (χ1) is 9.72. The Labute approximate surface area is 123 Å². The molecular formula is C17H30N2O+2. The normalized spacial score (nSPS) is 24.4. The number of quaternary nitrogens is 2. The Kier molecular flexibility index (Phi) is 5.86. The molecule has 1 aromatic carbocycles. The quantitative estimate of drug-likeness (QED) is 0.739. The zero-order valence-corrected chi connectivity index (χ0v) is 13.2. The number of likely N-dealkylation sites (N-methyl/N-ethyl adjacent to an activating group) is 1. The number of ether oxygens (including phenoxy) is 1. The van der Waals surface area contributed by atoms with Crippen LogP contribution < -0.4 is 14.5 Å². The van der Waals surface area contributed by atoms with E-state index < -0.39 is 0 Å². The van der Waals surface area contributed by atoms with Crippen molar-refractivity contribution in [2.75, 3.05) is 39.8 Å². The molecule has 0 unspecified atom stereocenters. The number of methoxy groups -OCH3 is 1. The van der Waals surface area contributed by atoms with E-state index >= 15 is 0 Å². The summed E-state index contributed by atoms with van der Waals surface area (Å²) in [5.74, 6) is 0.950. The molecule has 3 nitrogen and oxygen atoms in total. The number of hydrogen-bond acceptors (Lipinski definition) is 1. The van der Waals surface area contributed by atoms with Gasteiger partial charge in [0.2, 0.25) is 0 Å². The van der Waals surface area contributed by atoms with Crippen LogP contribution >= 0.6 is 0 Å². The van der Waals surface area contributed by atoms with Crippen molar-refractivity contribution in [3.05, 3.63) is 29.8 Å². The molecule has 1 aromatic rings. The van der Waals surface area contributed by atoms with Crippen molar-refractivity contribution in [1.29, 1.82) is 0 Å². The standard InChI is InChI=1S/C17H28N2O/c1-4-18-11-13-19(14-12-18)15(2)5-6-16-7-9-17(20-3)10-8-16/h7-10,15H,4-6,11-14H2,1-3H3/p+2/t15-/m0/s1. The number of benzene rings is 1. The van der Waals surface area contributed by atoms with E-state index in [4.69, 9.17) is 4.74 Å². The first-order valence-electron chi connectivity index (χ1n) is 8.04. The lowest BCUT2D eigenvalue weighted by atomic mass is 10.0. The smallest absolute Gasteiger partial charge is 0.127 e. The minimum Gasteiger partial charge on any atom is -0.497 e. The highest BCUT2D eigenvalue weighted by Gasteiger charge is 2.25. The molecule has 20 heavy (non-hydrogen) atoms. The second kappa shape index (κ2) is 7.65. The third kappa shape index (κ3) is 4.22. The SMILES string of the molecule is CC[NH+]1CC[NH+]([C@@H](C)CCc2ccc(OC)cc2)CC1. The van der Waals surface area contributed by atoms with E-state index in [0.29, 0.717) is 0 Å². The molecule has 0 saturated carbocycles. The Hall–Kier alpha value is -1.06. The zero-order chi connectivity index (χ0) is 14.4. The number of nitrogens with one attached hydrogen (secondary N) is 2. The van der Waals surface area contributed by atoms with Gasteiger partial charge >= 0.3 is 0 Å². The van der Waals surface area contributed by atoms with Gasteiger partial charge in [-0.2, -0.15) is 0 Å². The Balaban J connectivity index is 1.75. The second-order valence-corrected chi connectivity index (χ2v) is 6.05. The average Bonchev–Trinajstić information content (AvgIpc) is 2.53. The van der Waals surface area contributed by atoms with Crippen LogP contribution in [0.15, 0.2) is 24.3 Å². The van der Waals surface area contributed by atoms with Crippen molar-refractivity contribution in [2.24, 2.45) is 0 Å². The van der Waals surface area contributed by atoms with Crippen molar-refractivity contribution in [3.63, 3.8) is 0 Å². The van der Waals surface area contributed by atoms with Crippen molar-refractivity contribution in [2.45, 2.75) is 32.7 Å². The molecule has 2 rings (SSSR count). The number of hydrogen-bond donors (Lipinski definition) is 2. The van der Waals surface area contributed by atoms with Crippen LogP contribution in [-0.2, 0) is 6.42 Å². The topological polar surface area (TPSA) is 18.1 Å². The van der Waals surface area contributed by atoms with Gasteiger partial charge in [0.1, 0.15) is 31.9 Å². The van der Waals surface area contributed by atoms with Crippen LogP contribution in [0.2, 0.25) is 0 Å². The molecule has 1 atom stereocenters. The van der Waals surface area contributed by atoms with Crippen molar-refractivity contribution in [1.82, 2.24) is 0 Å². The molecule has 0 amide bonds. The van der Waals surface area contributed by atoms with E-state index in [0.717, 1.165) is 11.8 Å². The molecule has 1 heterocycles. The average molecular weight is 278 g/mol. The fraction of sp³-hybridized carbons (Fsp3) is 0.647. The Morgan fingerprint density at radius 1 is 1.10 bits per heavy atom. The summed E-state index contributed by atoms with van der Waals surface area (Å²) in [6.45, 7) is 11.4. The van der Waals surface area contributed by atoms with Gasteiger partial charge in [-0.25, -0.2) is 0 Å². The lowest BCUT2D eigenvalue weighted by Gasteiger charge is -2.32. The summed E-state index contributed by atoms with van der Waals surface area (Å²) in [6, 6.07) is 9.29. The third-order valence-electron chi connectivity index (χ3n) is 4.82. The lowest BCUT2D eigenvalue weighted by molar-refractivity contribution is -1.02. The van der Waals surface area contributed by atoms with Gasteiger partial charge in [-0.3, -0.25) is 0 Å². The van der Waals surface area contributed by atoms with E-state index in [1.54, 1.807) is 16.9 Å². The summed E-state index contributed by atoms with van der Waals surface area (Å²) < 4.78 is 5.20. The third-order valence-corrected chi connectivity index (χ3v) is 4.82. The summed E-state index contributed by atoms with van der Waals surface area (Å²) >= 11 is 0. The van der Waals surface area contributed by atoms with Crippen LogP contribution in [-0.4, -0.2) is 45.9 Å². The molecule has 0 aromatic heterocycles. The molecule has 1 aliphatic rings. The highest BCUT2D eigenvalue weighted by atomic mass is 16.5. The Morgan fingerprint density at radius 2 is 1.75 bits per heavy atom. The van der Waals surface area contributed by atoms with E-state index in [1.807, 2.05) is 0 Å². The van der Waals surface area contributed by atoms with E-state index in [2.05, 4.69) is 38.1 Å². The van der Waals surface area contributed by atoms with Gasteiger partial charge in [-0.05, 0) is 38.0 Å². The maximum absolute atomic E-state index is 5.20. The monoisotopic (exact) mass is 278 g/mol. The maximum atomic E-state index is 5.20. The predicted molar refractivity (Wildman–Crippen MR) is 82.7 cm³/mol. The molecule has 3 heteroatoms. The van der Waals surface area contributed by atoms with Crippen LogP contribution in [0, 0.1) is 0 Å². The molecule has 112 valence electrons. The van der Waals surface area contributed by atoms with E-state index in [9.17, 15) is 0 Å². The summed E-state index contributed by atoms with van der Waals surface area (Å²) in [6.07, 6.45) is 2.46. The summed E-state index contributed by atoms with van der Waals surface area (Å²) in [5.41, 5.74) is 1.43. The highest BCUT2D eigenvalue weighted by molar-refractivity contribution is 5.27. The molecule has 1 saturated heterocycles. The van der Waals surface area contributed by atoms with Crippen LogP contribution in [0.4, 0.5) is 0 Å². The molecule has 0 bridgehead atoms. The zero-order valence-electron chi connectivity index (χ0n) is 13.2. The highest BCUT2D eigenvalue weighted by Crippen LogP contribution is 2.12. The van der Waals surface area contributed by atoms with Gasteiger partial charge in [-0.1, -0.05) is 12.1 Å². The molecule has 2 N–H and O–H groups in total. The van der Waals surface area contributed by atoms with E-state index in [1.165, 1.54) is 51.1 Å². The predicted octanol–water partition coefficient (Wildman–Crippen LogP) is -0.180. The molecule has 0 aliphatic carbocycles. The van der Waals surface area contributed by atoms with E-state index in [-0.39, 0.29) is 0 Å². The molecule has 1 aliphatic heterocycles. The minimum absolute atomic E-state index is 0.774. The number of aryl methyl sites for hydroxylation is 1. The Morgan fingerprint density at radius 3 is 2.30 bits per heavy atom. The summed E-state index contributed by atoms with van der Waals surface area (Å²) in [5, 5.41) is 0. The van der Waals surface area contributed by atoms with Gasteiger partial charge in [0.15, 0.2) is 0 Å². The first-order valence-corrected chi connectivity index (χ1v) is 8.04. The van der Waals surface area contributed by atoms with Crippen LogP contribution in [0.5, 0.6) is 5.75 Å². The van der Waals surface area contributed by atoms with Crippen LogP contribution in [0.3, 0.4) is 0 Å². The van der Waals surface area contributed by atoms with Crippen molar-refractivity contribution >= 4 is 0 Å². The second-order valence-electron chi connectivity index (χ2n) is 6.05. The van der Waals surface area contributed by atoms with Gasteiger partial charge in [0, 0.05) is 6.42 Å². The summed E-state index contributed by atoms with van der Waals surface area (Å²) in [4.78, 5) is 3.58. The fourth-order valence-corrected chi connectivity index (χ4v) is 3.15. The fourth-order valence-electron chi connectivity index (χ4n) is 3.15. The minimum atomic E-state index is 0.774. The van der Waals surface area contributed by atoms with Gasteiger partial charge in [0.05, 0.1) is 19.7 Å². The van der Waals surface area contributed by atoms with Gasteiger partial charge in [-0.15, -0.1) is 0 Å². The van der Waals surface area contributed by atoms with Gasteiger partial charge < -0.3 is 14.5 Å². The number of rotatable bonds is 6. The van der Waals surface area contributed by atoms with Crippen LogP contribution in [0.25, 0.3) is 0 Å². The largest absolute Gasteiger partial charge is 0.497 e. The lowest BCUT2D eigenvalue weighted by Crippen LogP contribution is -3.29. The summed E-state index contributed by atoms with van der Waals surface area (Å²) in [7, 11) is 1.72. The first kappa shape index (κ1) is 15.3. The molecule has 1 fully saturated rings. The van der Waals surface area contributed by atoms with Crippen molar-refractivity contribution < 1.29 is 14.5 Å². The molecule has 0 spiro atoms. The van der Waals surface area contributed by atoms with Crippen LogP contribution in [0.1, 0.15) is 25.8 Å².